The average molecular weight is 424 g/mol. The van der Waals surface area contributed by atoms with Gasteiger partial charge in [-0.15, -0.1) is 12.4 Å². The zero-order valence-corrected chi connectivity index (χ0v) is 17.8. The predicted octanol–water partition coefficient (Wildman–Crippen LogP) is 4.69. The monoisotopic (exact) mass is 423 g/mol. The van der Waals surface area contributed by atoms with Gasteiger partial charge in [-0.3, -0.25) is 9.69 Å². The zero-order valence-electron chi connectivity index (χ0n) is 17.0. The van der Waals surface area contributed by atoms with Crippen molar-refractivity contribution >= 4 is 18.3 Å². The molecule has 1 atom stereocenters. The minimum absolute atomic E-state index is 0. The molecule has 1 amide bonds. The molecule has 4 rings (SSSR count). The quantitative estimate of drug-likeness (QED) is 0.624. The number of likely N-dealkylation sites (tertiary alicyclic amines) is 1. The predicted molar refractivity (Wildman–Crippen MR) is 120 cm³/mol. The Balaban J connectivity index is 0.00000256. The van der Waals surface area contributed by atoms with Crippen LogP contribution in [0.3, 0.4) is 0 Å². The van der Waals surface area contributed by atoms with Gasteiger partial charge in [0.2, 0.25) is 11.8 Å². The summed E-state index contributed by atoms with van der Waals surface area (Å²) < 4.78 is 5.87. The standard InChI is InChI=1S/C24H25N3O2.ClH/c1-17-13-18(15-27-12-11-21(16-27)19-5-3-2-4-6-19)7-9-22(17)29-23-10-8-20(14-26-23)24(25)28;/h2-10,13-14,21H,11-12,15-16H2,1H3,(H2,25,28);1H. The number of amides is 1. The Morgan fingerprint density at radius 2 is 1.97 bits per heavy atom. The fraction of sp³-hybridized carbons (Fsp3) is 0.250. The van der Waals surface area contributed by atoms with Crippen LogP contribution in [0.15, 0.2) is 66.9 Å². The number of benzene rings is 2. The highest BCUT2D eigenvalue weighted by Crippen LogP contribution is 2.29. The number of carbonyl (C=O) groups excluding carboxylic acids is 1. The van der Waals surface area contributed by atoms with Crippen LogP contribution in [0.4, 0.5) is 0 Å². The van der Waals surface area contributed by atoms with Gasteiger partial charge in [-0.25, -0.2) is 4.98 Å². The Hall–Kier alpha value is -2.89. The van der Waals surface area contributed by atoms with Crippen molar-refractivity contribution in [2.75, 3.05) is 13.1 Å². The number of halogens is 1. The van der Waals surface area contributed by atoms with Crippen molar-refractivity contribution in [2.45, 2.75) is 25.8 Å². The van der Waals surface area contributed by atoms with Crippen LogP contribution in [-0.2, 0) is 6.54 Å². The topological polar surface area (TPSA) is 68.5 Å². The molecule has 3 aromatic rings. The molecule has 0 spiro atoms. The van der Waals surface area contributed by atoms with Gasteiger partial charge >= 0.3 is 0 Å². The van der Waals surface area contributed by atoms with E-state index in [4.69, 9.17) is 10.5 Å². The molecular formula is C24H26ClN3O2. The van der Waals surface area contributed by atoms with E-state index in [1.165, 1.54) is 23.7 Å². The summed E-state index contributed by atoms with van der Waals surface area (Å²) in [5, 5.41) is 0. The van der Waals surface area contributed by atoms with Crippen LogP contribution in [0.25, 0.3) is 0 Å². The van der Waals surface area contributed by atoms with E-state index in [0.717, 1.165) is 30.9 Å². The molecule has 30 heavy (non-hydrogen) atoms. The highest BCUT2D eigenvalue weighted by Gasteiger charge is 2.23. The molecule has 0 bridgehead atoms. The number of ether oxygens (including phenoxy) is 1. The lowest BCUT2D eigenvalue weighted by Gasteiger charge is -2.17. The number of hydrogen-bond acceptors (Lipinski definition) is 4. The van der Waals surface area contributed by atoms with E-state index in [-0.39, 0.29) is 12.4 Å². The molecule has 0 saturated carbocycles. The van der Waals surface area contributed by atoms with Crippen LogP contribution in [0.1, 0.15) is 39.4 Å². The number of nitrogens with zero attached hydrogens (tertiary/aromatic N) is 2. The van der Waals surface area contributed by atoms with E-state index in [0.29, 0.717) is 17.4 Å². The van der Waals surface area contributed by atoms with Crippen LogP contribution in [-0.4, -0.2) is 28.9 Å². The molecule has 0 aliphatic carbocycles. The van der Waals surface area contributed by atoms with Crippen LogP contribution < -0.4 is 10.5 Å². The van der Waals surface area contributed by atoms with E-state index in [1.54, 1.807) is 12.1 Å². The number of hydrogen-bond donors (Lipinski definition) is 1. The summed E-state index contributed by atoms with van der Waals surface area (Å²) in [7, 11) is 0. The Morgan fingerprint density at radius 3 is 2.63 bits per heavy atom. The molecule has 1 fully saturated rings. The average Bonchev–Trinajstić information content (AvgIpc) is 3.19. The highest BCUT2D eigenvalue weighted by molar-refractivity contribution is 5.92. The Kier molecular flexibility index (Phi) is 7.08. The third-order valence-electron chi connectivity index (χ3n) is 5.42. The molecule has 1 aromatic heterocycles. The fourth-order valence-electron chi connectivity index (χ4n) is 3.86. The van der Waals surface area contributed by atoms with Crippen LogP contribution in [0.5, 0.6) is 11.6 Å². The van der Waals surface area contributed by atoms with Gasteiger partial charge in [-0.05, 0) is 54.6 Å². The van der Waals surface area contributed by atoms with Gasteiger partial charge in [0.25, 0.3) is 0 Å². The highest BCUT2D eigenvalue weighted by atomic mass is 35.5. The molecule has 0 radical (unpaired) electrons. The molecule has 1 aliphatic heterocycles. The number of aryl methyl sites for hydroxylation is 1. The van der Waals surface area contributed by atoms with Crippen molar-refractivity contribution < 1.29 is 9.53 Å². The number of primary amides is 1. The molecule has 5 nitrogen and oxygen atoms in total. The molecule has 2 N–H and O–H groups in total. The third-order valence-corrected chi connectivity index (χ3v) is 5.42. The largest absolute Gasteiger partial charge is 0.439 e. The lowest BCUT2D eigenvalue weighted by Crippen LogP contribution is -2.19. The summed E-state index contributed by atoms with van der Waals surface area (Å²) in [6.45, 7) is 5.19. The number of carbonyl (C=O) groups is 1. The third kappa shape index (κ3) is 5.17. The minimum atomic E-state index is -0.499. The second kappa shape index (κ2) is 9.74. The van der Waals surface area contributed by atoms with Crippen LogP contribution >= 0.6 is 12.4 Å². The Morgan fingerprint density at radius 1 is 1.17 bits per heavy atom. The summed E-state index contributed by atoms with van der Waals surface area (Å²) in [5.41, 5.74) is 9.38. The summed E-state index contributed by atoms with van der Waals surface area (Å²) in [6, 6.07) is 20.3. The van der Waals surface area contributed by atoms with E-state index < -0.39 is 5.91 Å². The molecule has 2 heterocycles. The first-order valence-electron chi connectivity index (χ1n) is 9.89. The van der Waals surface area contributed by atoms with Gasteiger partial charge in [0.05, 0.1) is 5.56 Å². The van der Waals surface area contributed by atoms with Gasteiger partial charge in [-0.1, -0.05) is 42.5 Å². The maximum absolute atomic E-state index is 11.1. The van der Waals surface area contributed by atoms with Crippen molar-refractivity contribution in [3.8, 4) is 11.6 Å². The van der Waals surface area contributed by atoms with E-state index in [1.807, 2.05) is 13.0 Å². The Bertz CT molecular complexity index is 993. The first kappa shape index (κ1) is 21.8. The van der Waals surface area contributed by atoms with Crippen LogP contribution in [0.2, 0.25) is 0 Å². The first-order chi connectivity index (χ1) is 14.1. The summed E-state index contributed by atoms with van der Waals surface area (Å²) >= 11 is 0. The van der Waals surface area contributed by atoms with Gasteiger partial charge in [0.1, 0.15) is 5.75 Å². The number of rotatable bonds is 6. The normalized spacial score (nSPS) is 16.1. The SMILES string of the molecule is Cc1cc(CN2CCC(c3ccccc3)C2)ccc1Oc1ccc(C(N)=O)cn1.Cl. The van der Waals surface area contributed by atoms with Gasteiger partial charge in [0, 0.05) is 25.4 Å². The number of pyridine rings is 1. The van der Waals surface area contributed by atoms with E-state index in [9.17, 15) is 4.79 Å². The fourth-order valence-corrected chi connectivity index (χ4v) is 3.86. The molecular weight excluding hydrogens is 398 g/mol. The van der Waals surface area contributed by atoms with Gasteiger partial charge in [-0.2, -0.15) is 0 Å². The smallest absolute Gasteiger partial charge is 0.250 e. The van der Waals surface area contributed by atoms with Crippen molar-refractivity contribution in [3.05, 3.63) is 89.1 Å². The molecule has 2 aromatic carbocycles. The number of aromatic nitrogens is 1. The second-order valence-corrected chi connectivity index (χ2v) is 7.58. The lowest BCUT2D eigenvalue weighted by molar-refractivity contribution is 0.1000. The maximum atomic E-state index is 11.1. The van der Waals surface area contributed by atoms with Gasteiger partial charge < -0.3 is 10.5 Å². The van der Waals surface area contributed by atoms with Crippen molar-refractivity contribution in [3.63, 3.8) is 0 Å². The lowest BCUT2D eigenvalue weighted by atomic mass is 9.99. The van der Waals surface area contributed by atoms with Gasteiger partial charge in [0.15, 0.2) is 0 Å². The van der Waals surface area contributed by atoms with Crippen LogP contribution in [0, 0.1) is 6.92 Å². The van der Waals surface area contributed by atoms with Crippen molar-refractivity contribution in [2.24, 2.45) is 5.73 Å². The summed E-state index contributed by atoms with van der Waals surface area (Å²) in [5.74, 6) is 1.32. The van der Waals surface area contributed by atoms with Crippen molar-refractivity contribution in [1.29, 1.82) is 0 Å². The maximum Gasteiger partial charge on any atom is 0.250 e. The van der Waals surface area contributed by atoms with E-state index >= 15 is 0 Å². The first-order valence-corrected chi connectivity index (χ1v) is 9.89. The second-order valence-electron chi connectivity index (χ2n) is 7.58. The summed E-state index contributed by atoms with van der Waals surface area (Å²) in [6.07, 6.45) is 2.63. The molecule has 1 aliphatic rings. The number of nitrogens with two attached hydrogens (primary N) is 1. The summed E-state index contributed by atoms with van der Waals surface area (Å²) in [4.78, 5) is 17.8. The molecule has 1 saturated heterocycles. The van der Waals surface area contributed by atoms with Crippen molar-refractivity contribution in [1.82, 2.24) is 9.88 Å². The minimum Gasteiger partial charge on any atom is -0.439 e. The molecule has 1 unspecified atom stereocenters. The Labute approximate surface area is 183 Å². The van der Waals surface area contributed by atoms with E-state index in [2.05, 4.69) is 52.3 Å². The molecule has 6 heteroatoms. The molecule has 156 valence electrons. The zero-order chi connectivity index (χ0) is 20.2.